The summed E-state index contributed by atoms with van der Waals surface area (Å²) in [5, 5.41) is 18.2. The van der Waals surface area contributed by atoms with Crippen LogP contribution in [0, 0.1) is 0 Å². The summed E-state index contributed by atoms with van der Waals surface area (Å²) in [7, 11) is -4.61. The molecule has 0 aromatic carbocycles. The number of phosphoric acid groups is 1. The van der Waals surface area contributed by atoms with E-state index in [0.29, 0.717) is 12.8 Å². The normalized spacial score (nSPS) is 14.7. The Morgan fingerprint density at radius 3 is 1.78 bits per heavy atom. The topological polar surface area (TPSA) is 149 Å². The van der Waals surface area contributed by atoms with Crippen molar-refractivity contribution in [2.75, 3.05) is 26.4 Å². The van der Waals surface area contributed by atoms with Gasteiger partial charge in [-0.05, 0) is 51.4 Å². The highest BCUT2D eigenvalue weighted by atomic mass is 31.2. The fourth-order valence-electron chi connectivity index (χ4n) is 4.11. The van der Waals surface area contributed by atoms with Gasteiger partial charge in [0, 0.05) is 12.8 Å². The van der Waals surface area contributed by atoms with E-state index in [2.05, 4.69) is 54.8 Å². The first-order valence-electron chi connectivity index (χ1n) is 16.9. The fraction of sp³-hybridized carbons (Fsp3) is 0.765. The van der Waals surface area contributed by atoms with Crippen molar-refractivity contribution in [3.63, 3.8) is 0 Å². The van der Waals surface area contributed by atoms with Gasteiger partial charge in [-0.15, -0.1) is 0 Å². The molecule has 0 rings (SSSR count). The highest BCUT2D eigenvalue weighted by Crippen LogP contribution is 2.43. The minimum absolute atomic E-state index is 0.174. The number of carbonyl (C=O) groups is 2. The number of aliphatic hydroxyl groups excluding tert-OH is 2. The van der Waals surface area contributed by atoms with Crippen LogP contribution in [0.3, 0.4) is 0 Å². The van der Waals surface area contributed by atoms with Crippen molar-refractivity contribution in [3.8, 4) is 0 Å². The molecule has 0 fully saturated rings. The van der Waals surface area contributed by atoms with Gasteiger partial charge in [-0.3, -0.25) is 18.6 Å². The lowest BCUT2D eigenvalue weighted by atomic mass is 10.1. The molecule has 0 aliphatic carbocycles. The van der Waals surface area contributed by atoms with E-state index in [9.17, 15) is 24.2 Å². The quantitative estimate of drug-likeness (QED) is 0.0293. The first-order valence-corrected chi connectivity index (χ1v) is 18.4. The summed E-state index contributed by atoms with van der Waals surface area (Å²) in [5.74, 6) is -0.981. The van der Waals surface area contributed by atoms with Gasteiger partial charge in [-0.2, -0.15) is 0 Å². The molecule has 3 atom stereocenters. The highest BCUT2D eigenvalue weighted by molar-refractivity contribution is 7.47. The van der Waals surface area contributed by atoms with Crippen LogP contribution >= 0.6 is 7.82 Å². The van der Waals surface area contributed by atoms with Crippen molar-refractivity contribution in [2.45, 2.75) is 142 Å². The first-order chi connectivity index (χ1) is 21.7. The zero-order valence-electron chi connectivity index (χ0n) is 27.8. The van der Waals surface area contributed by atoms with Crippen LogP contribution in [-0.4, -0.2) is 65.7 Å². The molecule has 0 saturated carbocycles. The number of carbonyl (C=O) groups excluding carboxylic acids is 2. The van der Waals surface area contributed by atoms with Crippen LogP contribution in [0.2, 0.25) is 0 Å². The summed E-state index contributed by atoms with van der Waals surface area (Å²) >= 11 is 0. The number of esters is 2. The van der Waals surface area contributed by atoms with Gasteiger partial charge in [0.1, 0.15) is 12.7 Å². The van der Waals surface area contributed by atoms with Gasteiger partial charge in [-0.25, -0.2) is 4.57 Å². The Kier molecular flexibility index (Phi) is 29.6. The SMILES string of the molecule is CCCCC/C=C/C/C=C/C/C=C/CCCCC(=O)OC[C@@H](COP(=O)(O)OC[C@H](O)CO)OC(=O)CCCCCCCCC. The van der Waals surface area contributed by atoms with Crippen LogP contribution in [0.4, 0.5) is 0 Å². The Balaban J connectivity index is 4.44. The summed E-state index contributed by atoms with van der Waals surface area (Å²) < 4.78 is 32.3. The number of allylic oxidation sites excluding steroid dienone is 6. The molecule has 0 aromatic heterocycles. The van der Waals surface area contributed by atoms with E-state index in [0.717, 1.165) is 51.4 Å². The monoisotopic (exact) mass is 660 g/mol. The van der Waals surface area contributed by atoms with Crippen molar-refractivity contribution in [3.05, 3.63) is 36.5 Å². The Morgan fingerprint density at radius 1 is 0.667 bits per heavy atom. The van der Waals surface area contributed by atoms with Gasteiger partial charge >= 0.3 is 19.8 Å². The minimum atomic E-state index is -4.61. The van der Waals surface area contributed by atoms with Crippen LogP contribution in [0.1, 0.15) is 129 Å². The van der Waals surface area contributed by atoms with Crippen LogP contribution in [0.5, 0.6) is 0 Å². The molecule has 0 amide bonds. The van der Waals surface area contributed by atoms with Gasteiger partial charge in [0.05, 0.1) is 19.8 Å². The molecule has 0 aromatic rings. The molecule has 0 saturated heterocycles. The molecule has 0 radical (unpaired) electrons. The first kappa shape index (κ1) is 43.2. The van der Waals surface area contributed by atoms with E-state index in [-0.39, 0.29) is 19.4 Å². The van der Waals surface area contributed by atoms with Gasteiger partial charge in [0.25, 0.3) is 0 Å². The Hall–Kier alpha value is -1.81. The minimum Gasteiger partial charge on any atom is -0.462 e. The van der Waals surface area contributed by atoms with E-state index < -0.39 is 51.8 Å². The molecule has 0 spiro atoms. The molecule has 11 heteroatoms. The molecule has 262 valence electrons. The average Bonchev–Trinajstić information content (AvgIpc) is 3.02. The van der Waals surface area contributed by atoms with E-state index in [1.165, 1.54) is 38.5 Å². The number of ether oxygens (including phenoxy) is 2. The van der Waals surface area contributed by atoms with Crippen molar-refractivity contribution in [2.24, 2.45) is 0 Å². The second kappa shape index (κ2) is 30.8. The third-order valence-electron chi connectivity index (χ3n) is 6.80. The molecule has 1 unspecified atom stereocenters. The van der Waals surface area contributed by atoms with Crippen molar-refractivity contribution in [1.82, 2.24) is 0 Å². The number of unbranched alkanes of at least 4 members (excludes halogenated alkanes) is 11. The van der Waals surface area contributed by atoms with Gasteiger partial charge < -0.3 is 24.6 Å². The molecule has 0 bridgehead atoms. The van der Waals surface area contributed by atoms with E-state index in [1.807, 2.05) is 0 Å². The molecule has 10 nitrogen and oxygen atoms in total. The summed E-state index contributed by atoms with van der Waals surface area (Å²) in [5.41, 5.74) is 0. The number of hydrogen-bond acceptors (Lipinski definition) is 9. The Labute approximate surface area is 271 Å². The lowest BCUT2D eigenvalue weighted by Gasteiger charge is -2.20. The molecule has 0 heterocycles. The molecular weight excluding hydrogens is 599 g/mol. The molecule has 0 aliphatic rings. The summed E-state index contributed by atoms with van der Waals surface area (Å²) in [6, 6.07) is 0. The standard InChI is InChI=1S/C34H61O10P/c1-3-5-7-9-11-12-13-14-15-16-17-18-20-21-23-25-33(37)41-29-32(30-43-45(39,40)42-28-31(36)27-35)44-34(38)26-24-22-19-10-8-6-4-2/h11-12,14-15,17-18,31-32,35-36H,3-10,13,16,19-30H2,1-2H3,(H,39,40)/b12-11+,15-14+,18-17+/t31-,32+/m1/s1. The van der Waals surface area contributed by atoms with Crippen LogP contribution < -0.4 is 0 Å². The maximum atomic E-state index is 12.4. The number of aliphatic hydroxyl groups is 2. The number of rotatable bonds is 31. The zero-order chi connectivity index (χ0) is 33.4. The van der Waals surface area contributed by atoms with Crippen molar-refractivity contribution < 1.29 is 47.8 Å². The Bertz CT molecular complexity index is 858. The smallest absolute Gasteiger partial charge is 0.462 e. The second-order valence-electron chi connectivity index (χ2n) is 11.2. The third-order valence-corrected chi connectivity index (χ3v) is 7.75. The average molecular weight is 661 g/mol. The van der Waals surface area contributed by atoms with E-state index in [1.54, 1.807) is 0 Å². The fourth-order valence-corrected chi connectivity index (χ4v) is 4.90. The van der Waals surface area contributed by atoms with Crippen molar-refractivity contribution >= 4 is 19.8 Å². The highest BCUT2D eigenvalue weighted by Gasteiger charge is 2.27. The predicted octanol–water partition coefficient (Wildman–Crippen LogP) is 7.66. The number of hydrogen-bond donors (Lipinski definition) is 3. The van der Waals surface area contributed by atoms with Gasteiger partial charge in [0.2, 0.25) is 0 Å². The van der Waals surface area contributed by atoms with Crippen LogP contribution in [-0.2, 0) is 32.7 Å². The lowest BCUT2D eigenvalue weighted by molar-refractivity contribution is -0.161. The van der Waals surface area contributed by atoms with Gasteiger partial charge in [0.15, 0.2) is 6.10 Å². The lowest BCUT2D eigenvalue weighted by Crippen LogP contribution is -2.29. The maximum absolute atomic E-state index is 12.4. The van der Waals surface area contributed by atoms with Gasteiger partial charge in [-0.1, -0.05) is 102 Å². The van der Waals surface area contributed by atoms with E-state index in [4.69, 9.17) is 19.1 Å². The molecule has 3 N–H and O–H groups in total. The molecule has 0 aliphatic heterocycles. The van der Waals surface area contributed by atoms with E-state index >= 15 is 0 Å². The van der Waals surface area contributed by atoms with Crippen LogP contribution in [0.15, 0.2) is 36.5 Å². The predicted molar refractivity (Wildman–Crippen MR) is 178 cm³/mol. The van der Waals surface area contributed by atoms with Crippen molar-refractivity contribution in [1.29, 1.82) is 0 Å². The summed E-state index contributed by atoms with van der Waals surface area (Å²) in [6.45, 7) is 2.21. The largest absolute Gasteiger partial charge is 0.472 e. The number of phosphoric ester groups is 1. The summed E-state index contributed by atoms with van der Waals surface area (Å²) in [4.78, 5) is 34.5. The molecular formula is C34H61O10P. The summed E-state index contributed by atoms with van der Waals surface area (Å²) in [6.07, 6.45) is 27.2. The maximum Gasteiger partial charge on any atom is 0.472 e. The second-order valence-corrected chi connectivity index (χ2v) is 12.6. The zero-order valence-corrected chi connectivity index (χ0v) is 28.7. The van der Waals surface area contributed by atoms with Crippen LogP contribution in [0.25, 0.3) is 0 Å². The molecule has 45 heavy (non-hydrogen) atoms. The third kappa shape index (κ3) is 30.6. The Morgan fingerprint density at radius 2 is 1.16 bits per heavy atom.